The Balaban J connectivity index is 1.80. The molecular formula is C18H21NO2. The number of benzene rings is 1. The van der Waals surface area contributed by atoms with Crippen LogP contribution >= 0.6 is 0 Å². The Hall–Kier alpha value is -2.05. The quantitative estimate of drug-likeness (QED) is 0.658. The van der Waals surface area contributed by atoms with Crippen LogP contribution in [0.5, 0.6) is 0 Å². The van der Waals surface area contributed by atoms with Crippen molar-refractivity contribution < 1.29 is 9.90 Å². The summed E-state index contributed by atoms with van der Waals surface area (Å²) in [4.78, 5) is 11.1. The molecule has 0 aliphatic carbocycles. The van der Waals surface area contributed by atoms with E-state index in [9.17, 15) is 9.90 Å². The van der Waals surface area contributed by atoms with Gasteiger partial charge in [-0.3, -0.25) is 4.79 Å². The first kappa shape index (κ1) is 15.3. The van der Waals surface area contributed by atoms with Crippen LogP contribution in [0, 0.1) is 17.8 Å². The van der Waals surface area contributed by atoms with Crippen LogP contribution in [0.2, 0.25) is 0 Å². The highest BCUT2D eigenvalue weighted by atomic mass is 16.3. The molecule has 0 radical (unpaired) electrons. The molecule has 1 saturated heterocycles. The molecule has 2 rings (SSSR count). The summed E-state index contributed by atoms with van der Waals surface area (Å²) in [5.41, 5.74) is 0.989. The first-order chi connectivity index (χ1) is 10.1. The van der Waals surface area contributed by atoms with Crippen LogP contribution in [0.25, 0.3) is 0 Å². The lowest BCUT2D eigenvalue weighted by Gasteiger charge is -2.13. The summed E-state index contributed by atoms with van der Waals surface area (Å²) in [6.45, 7) is 1.97. The summed E-state index contributed by atoms with van der Waals surface area (Å²) >= 11 is 0. The molecule has 1 unspecified atom stereocenters. The van der Waals surface area contributed by atoms with E-state index in [1.165, 1.54) is 0 Å². The fraction of sp³-hybridized carbons (Fsp3) is 0.389. The fourth-order valence-electron chi connectivity index (χ4n) is 2.18. The minimum absolute atomic E-state index is 0.0644. The Morgan fingerprint density at radius 2 is 2.19 bits per heavy atom. The first-order valence-corrected chi connectivity index (χ1v) is 7.35. The van der Waals surface area contributed by atoms with Crippen LogP contribution in [0.15, 0.2) is 42.5 Å². The van der Waals surface area contributed by atoms with Crippen LogP contribution in [-0.4, -0.2) is 23.2 Å². The number of aliphatic hydroxyl groups is 1. The number of carbonyl (C=O) groups excluding carboxylic acids is 1. The topological polar surface area (TPSA) is 49.3 Å². The maximum Gasteiger partial charge on any atom is 0.220 e. The second-order valence-corrected chi connectivity index (χ2v) is 5.44. The lowest BCUT2D eigenvalue weighted by atomic mass is 10.00. The molecule has 3 atom stereocenters. The van der Waals surface area contributed by atoms with Crippen molar-refractivity contribution >= 4 is 5.91 Å². The van der Waals surface area contributed by atoms with Crippen molar-refractivity contribution in [2.45, 2.75) is 38.3 Å². The van der Waals surface area contributed by atoms with Crippen molar-refractivity contribution in [3.63, 3.8) is 0 Å². The molecule has 0 saturated carbocycles. The van der Waals surface area contributed by atoms with E-state index < -0.39 is 6.10 Å². The van der Waals surface area contributed by atoms with Gasteiger partial charge in [0.05, 0.1) is 6.10 Å². The van der Waals surface area contributed by atoms with Crippen molar-refractivity contribution in [3.8, 4) is 11.8 Å². The molecule has 1 fully saturated rings. The molecule has 2 N–H and O–H groups in total. The maximum atomic E-state index is 11.1. The minimum Gasteiger partial charge on any atom is -0.389 e. The van der Waals surface area contributed by atoms with Crippen molar-refractivity contribution in [2.75, 3.05) is 0 Å². The molecule has 0 spiro atoms. The third-order valence-electron chi connectivity index (χ3n) is 3.58. The van der Waals surface area contributed by atoms with Gasteiger partial charge in [-0.15, -0.1) is 0 Å². The highest BCUT2D eigenvalue weighted by Gasteiger charge is 2.18. The van der Waals surface area contributed by atoms with E-state index in [4.69, 9.17) is 0 Å². The van der Waals surface area contributed by atoms with Crippen molar-refractivity contribution in [1.29, 1.82) is 0 Å². The predicted molar refractivity (Wildman–Crippen MR) is 83.4 cm³/mol. The second-order valence-electron chi connectivity index (χ2n) is 5.44. The second kappa shape index (κ2) is 7.66. The average molecular weight is 283 g/mol. The van der Waals surface area contributed by atoms with Crippen molar-refractivity contribution in [2.24, 2.45) is 5.92 Å². The molecule has 1 aromatic rings. The SMILES string of the molecule is CC(CC#Cc1ccccc1)[C@@H](O)/C=C/[C@H]1CCC(=O)N1. The number of aliphatic hydroxyl groups excluding tert-OH is 1. The van der Waals surface area contributed by atoms with Gasteiger partial charge in [0.25, 0.3) is 0 Å². The third kappa shape index (κ3) is 5.09. The molecular weight excluding hydrogens is 262 g/mol. The largest absolute Gasteiger partial charge is 0.389 e. The molecule has 0 bridgehead atoms. The molecule has 1 aliphatic heterocycles. The molecule has 1 aliphatic rings. The normalized spacial score (nSPS) is 20.7. The van der Waals surface area contributed by atoms with Gasteiger partial charge in [0.15, 0.2) is 0 Å². The number of carbonyl (C=O) groups is 1. The van der Waals surface area contributed by atoms with Crippen molar-refractivity contribution in [1.82, 2.24) is 5.32 Å². The highest BCUT2D eigenvalue weighted by molar-refractivity contribution is 5.78. The lowest BCUT2D eigenvalue weighted by molar-refractivity contribution is -0.119. The molecule has 3 nitrogen and oxygen atoms in total. The Morgan fingerprint density at radius 1 is 1.43 bits per heavy atom. The fourth-order valence-corrected chi connectivity index (χ4v) is 2.18. The number of hydrogen-bond acceptors (Lipinski definition) is 2. The molecule has 110 valence electrons. The zero-order chi connectivity index (χ0) is 15.1. The van der Waals surface area contributed by atoms with E-state index in [1.54, 1.807) is 6.08 Å². The monoisotopic (exact) mass is 283 g/mol. The molecule has 1 amide bonds. The summed E-state index contributed by atoms with van der Waals surface area (Å²) in [6, 6.07) is 9.88. The number of nitrogens with one attached hydrogen (secondary N) is 1. The van der Waals surface area contributed by atoms with E-state index in [2.05, 4.69) is 17.2 Å². The maximum absolute atomic E-state index is 11.1. The van der Waals surface area contributed by atoms with Gasteiger partial charge in [0, 0.05) is 24.4 Å². The van der Waals surface area contributed by atoms with Gasteiger partial charge >= 0.3 is 0 Å². The lowest BCUT2D eigenvalue weighted by Crippen LogP contribution is -2.24. The Labute approximate surface area is 126 Å². The molecule has 0 aromatic heterocycles. The van der Waals surface area contributed by atoms with Gasteiger partial charge in [0.2, 0.25) is 5.91 Å². The van der Waals surface area contributed by atoms with Crippen LogP contribution in [0.3, 0.4) is 0 Å². The summed E-state index contributed by atoms with van der Waals surface area (Å²) in [6.07, 6.45) is 5.14. The summed E-state index contributed by atoms with van der Waals surface area (Å²) in [5, 5.41) is 12.9. The van der Waals surface area contributed by atoms with E-state index >= 15 is 0 Å². The van der Waals surface area contributed by atoms with Gasteiger partial charge in [0.1, 0.15) is 0 Å². The molecule has 1 aromatic carbocycles. The zero-order valence-electron chi connectivity index (χ0n) is 12.3. The van der Waals surface area contributed by atoms with Crippen LogP contribution in [-0.2, 0) is 4.79 Å². The number of hydrogen-bond donors (Lipinski definition) is 2. The van der Waals surface area contributed by atoms with E-state index in [1.807, 2.05) is 43.3 Å². The molecule has 1 heterocycles. The van der Waals surface area contributed by atoms with Crippen molar-refractivity contribution in [3.05, 3.63) is 48.0 Å². The van der Waals surface area contributed by atoms with Gasteiger partial charge in [-0.1, -0.05) is 49.1 Å². The Morgan fingerprint density at radius 3 is 2.86 bits per heavy atom. The zero-order valence-corrected chi connectivity index (χ0v) is 12.3. The van der Waals surface area contributed by atoms with Crippen LogP contribution < -0.4 is 5.32 Å². The Kier molecular flexibility index (Phi) is 5.59. The predicted octanol–water partition coefficient (Wildman–Crippen LogP) is 2.26. The summed E-state index contributed by atoms with van der Waals surface area (Å²) in [7, 11) is 0. The number of rotatable bonds is 4. The third-order valence-corrected chi connectivity index (χ3v) is 3.58. The molecule has 21 heavy (non-hydrogen) atoms. The molecule has 3 heteroatoms. The van der Waals surface area contributed by atoms with Gasteiger partial charge in [-0.25, -0.2) is 0 Å². The summed E-state index contributed by atoms with van der Waals surface area (Å²) < 4.78 is 0. The van der Waals surface area contributed by atoms with Crippen LogP contribution in [0.1, 0.15) is 31.7 Å². The standard InChI is InChI=1S/C18H21NO2/c1-14(6-5-9-15-7-3-2-4-8-15)17(20)12-10-16-11-13-18(21)19-16/h2-4,7-8,10,12,14,16-17,20H,6,11,13H2,1H3,(H,19,21)/b12-10+/t14?,16-,17-/m0/s1. The first-order valence-electron chi connectivity index (χ1n) is 7.35. The minimum atomic E-state index is -0.535. The van der Waals surface area contributed by atoms with Crippen LogP contribution in [0.4, 0.5) is 0 Å². The van der Waals surface area contributed by atoms with Gasteiger partial charge in [-0.05, 0) is 24.5 Å². The smallest absolute Gasteiger partial charge is 0.220 e. The average Bonchev–Trinajstić information content (AvgIpc) is 2.91. The Bertz CT molecular complexity index is 554. The van der Waals surface area contributed by atoms with E-state index in [0.29, 0.717) is 12.8 Å². The van der Waals surface area contributed by atoms with E-state index in [0.717, 1.165) is 12.0 Å². The van der Waals surface area contributed by atoms with Gasteiger partial charge in [-0.2, -0.15) is 0 Å². The summed E-state index contributed by atoms with van der Waals surface area (Å²) in [5.74, 6) is 6.34. The van der Waals surface area contributed by atoms with Gasteiger partial charge < -0.3 is 10.4 Å². The number of amides is 1. The van der Waals surface area contributed by atoms with E-state index in [-0.39, 0.29) is 17.9 Å². The highest BCUT2D eigenvalue weighted by Crippen LogP contribution is 2.12.